The van der Waals surface area contributed by atoms with Crippen LogP contribution in [0.5, 0.6) is 0 Å². The van der Waals surface area contributed by atoms with Crippen molar-refractivity contribution in [3.8, 4) is 55.6 Å². The molecule has 0 radical (unpaired) electrons. The van der Waals surface area contributed by atoms with Gasteiger partial charge in [-0.3, -0.25) is 0 Å². The van der Waals surface area contributed by atoms with E-state index in [2.05, 4.69) is 278 Å². The van der Waals surface area contributed by atoms with Crippen LogP contribution < -0.4 is 4.90 Å². The molecule has 12 rings (SSSR count). The second-order valence-electron chi connectivity index (χ2n) is 17.2. The van der Waals surface area contributed by atoms with Crippen LogP contribution >= 0.6 is 0 Å². The quantitative estimate of drug-likeness (QED) is 0.140. The molecule has 0 bridgehead atoms. The third-order valence-electron chi connectivity index (χ3n) is 13.5. The maximum Gasteiger partial charge on any atom is 0.0713 e. The Balaban J connectivity index is 0.998. The van der Waals surface area contributed by atoms with E-state index in [1.165, 1.54) is 83.1 Å². The van der Waals surface area contributed by atoms with Crippen LogP contribution in [-0.4, -0.2) is 0 Å². The molecule has 0 fully saturated rings. The zero-order valence-corrected chi connectivity index (χ0v) is 36.4. The number of benzene rings is 11. The highest BCUT2D eigenvalue weighted by Crippen LogP contribution is 2.57. The van der Waals surface area contributed by atoms with E-state index in [1.54, 1.807) is 0 Å². The van der Waals surface area contributed by atoms with E-state index in [0.29, 0.717) is 0 Å². The summed E-state index contributed by atoms with van der Waals surface area (Å²) in [6, 6.07) is 100. The molecule has 0 saturated heterocycles. The molecule has 11 aromatic carbocycles. The Labute approximate surface area is 387 Å². The van der Waals surface area contributed by atoms with Crippen molar-refractivity contribution in [3.63, 3.8) is 0 Å². The van der Waals surface area contributed by atoms with Gasteiger partial charge < -0.3 is 4.90 Å². The summed E-state index contributed by atoms with van der Waals surface area (Å²) >= 11 is 0. The number of fused-ring (bicyclic) bond motifs is 4. The second kappa shape index (κ2) is 16.6. The number of anilines is 3. The molecule has 310 valence electrons. The summed E-state index contributed by atoms with van der Waals surface area (Å²) in [5.74, 6) is 0. The topological polar surface area (TPSA) is 3.24 Å². The lowest BCUT2D eigenvalue weighted by Crippen LogP contribution is -2.28. The van der Waals surface area contributed by atoms with E-state index < -0.39 is 5.41 Å². The van der Waals surface area contributed by atoms with E-state index in [1.807, 2.05) is 0 Å². The molecule has 0 heterocycles. The molecule has 0 amide bonds. The average Bonchev–Trinajstić information content (AvgIpc) is 3.71. The minimum Gasteiger partial charge on any atom is -0.311 e. The van der Waals surface area contributed by atoms with Gasteiger partial charge in [0, 0.05) is 17.1 Å². The van der Waals surface area contributed by atoms with E-state index in [0.717, 1.165) is 22.6 Å². The summed E-state index contributed by atoms with van der Waals surface area (Å²) in [5, 5.41) is 2.50. The third-order valence-corrected chi connectivity index (χ3v) is 13.5. The number of nitrogens with zero attached hydrogens (tertiary/aromatic N) is 1. The lowest BCUT2D eigenvalue weighted by atomic mass is 9.67. The fourth-order valence-corrected chi connectivity index (χ4v) is 10.5. The van der Waals surface area contributed by atoms with Crippen molar-refractivity contribution in [3.05, 3.63) is 295 Å². The van der Waals surface area contributed by atoms with Crippen molar-refractivity contribution in [2.24, 2.45) is 0 Å². The van der Waals surface area contributed by atoms with Crippen LogP contribution in [-0.2, 0) is 5.41 Å². The minimum absolute atomic E-state index is 0.519. The van der Waals surface area contributed by atoms with Crippen molar-refractivity contribution in [1.29, 1.82) is 0 Å². The molecule has 1 aliphatic carbocycles. The Kier molecular flexibility index (Phi) is 9.81. The predicted molar refractivity (Wildman–Crippen MR) is 278 cm³/mol. The lowest BCUT2D eigenvalue weighted by Gasteiger charge is -2.34. The van der Waals surface area contributed by atoms with Crippen LogP contribution in [0.25, 0.3) is 66.4 Å². The predicted octanol–water partition coefficient (Wildman–Crippen LogP) is 17.3. The molecule has 1 aliphatic rings. The Morgan fingerprint density at radius 3 is 1.20 bits per heavy atom. The zero-order valence-electron chi connectivity index (χ0n) is 36.4. The van der Waals surface area contributed by atoms with Gasteiger partial charge in [-0.1, -0.05) is 218 Å². The first kappa shape index (κ1) is 39.1. The standard InChI is InChI=1S/C65H45N/c1-4-17-46(18-5-1)48-31-37-56(38-32-48)66(58-41-35-51(36-42-58)60-28-16-22-50-21-10-11-25-59(50)60)57-39-33-49(34-40-57)53-43-52(47-19-6-2-7-20-47)44-55(45-53)65(54-23-8-3-9-24-54)63-29-14-12-26-61(63)62-27-13-15-30-64(62)65/h1-45H. The molecular weight excluding hydrogens is 795 g/mol. The molecular formula is C65H45N. The Morgan fingerprint density at radius 2 is 0.636 bits per heavy atom. The Hall–Kier alpha value is -8.52. The van der Waals surface area contributed by atoms with Gasteiger partial charge in [0.15, 0.2) is 0 Å². The number of rotatable bonds is 9. The highest BCUT2D eigenvalue weighted by Gasteiger charge is 2.46. The molecule has 11 aromatic rings. The van der Waals surface area contributed by atoms with Gasteiger partial charge >= 0.3 is 0 Å². The summed E-state index contributed by atoms with van der Waals surface area (Å²) in [5.41, 5.74) is 20.0. The maximum absolute atomic E-state index is 2.44. The van der Waals surface area contributed by atoms with Gasteiger partial charge in [-0.15, -0.1) is 0 Å². The fourth-order valence-electron chi connectivity index (χ4n) is 10.5. The molecule has 66 heavy (non-hydrogen) atoms. The fraction of sp³-hybridized carbons (Fsp3) is 0.0154. The number of hydrogen-bond donors (Lipinski definition) is 0. The smallest absolute Gasteiger partial charge is 0.0713 e. The first-order valence-electron chi connectivity index (χ1n) is 22.8. The second-order valence-corrected chi connectivity index (χ2v) is 17.2. The third kappa shape index (κ3) is 6.73. The van der Waals surface area contributed by atoms with Crippen molar-refractivity contribution in [2.45, 2.75) is 5.41 Å². The highest BCUT2D eigenvalue weighted by atomic mass is 15.1. The summed E-state index contributed by atoms with van der Waals surface area (Å²) in [6.45, 7) is 0. The van der Waals surface area contributed by atoms with Gasteiger partial charge in [-0.2, -0.15) is 0 Å². The summed E-state index contributed by atoms with van der Waals surface area (Å²) in [6.07, 6.45) is 0. The van der Waals surface area contributed by atoms with Crippen LogP contribution in [0.3, 0.4) is 0 Å². The SMILES string of the molecule is c1ccc(-c2ccc(N(c3ccc(-c4cc(-c5ccccc5)cc(C5(c6ccccc6)c6ccccc6-c6ccccc65)c4)cc3)c3ccc(-c4cccc5ccccc45)cc3)cc2)cc1. The van der Waals surface area contributed by atoms with Crippen LogP contribution in [0.1, 0.15) is 22.3 Å². The zero-order chi connectivity index (χ0) is 43.9. The van der Waals surface area contributed by atoms with E-state index in [9.17, 15) is 0 Å². The van der Waals surface area contributed by atoms with Crippen LogP contribution in [0.4, 0.5) is 17.1 Å². The van der Waals surface area contributed by atoms with Gasteiger partial charge in [0.05, 0.1) is 5.41 Å². The molecule has 0 aromatic heterocycles. The molecule has 0 spiro atoms. The van der Waals surface area contributed by atoms with Crippen molar-refractivity contribution < 1.29 is 0 Å². The van der Waals surface area contributed by atoms with E-state index in [-0.39, 0.29) is 0 Å². The van der Waals surface area contributed by atoms with Gasteiger partial charge in [-0.25, -0.2) is 0 Å². The summed E-state index contributed by atoms with van der Waals surface area (Å²) < 4.78 is 0. The van der Waals surface area contributed by atoms with Crippen LogP contribution in [0.15, 0.2) is 273 Å². The number of hydrogen-bond acceptors (Lipinski definition) is 1. The monoisotopic (exact) mass is 839 g/mol. The van der Waals surface area contributed by atoms with Crippen molar-refractivity contribution >= 4 is 27.8 Å². The molecule has 0 saturated carbocycles. The first-order valence-corrected chi connectivity index (χ1v) is 22.8. The lowest BCUT2D eigenvalue weighted by molar-refractivity contribution is 0.769. The van der Waals surface area contributed by atoms with Gasteiger partial charge in [0.25, 0.3) is 0 Å². The first-order chi connectivity index (χ1) is 32.7. The van der Waals surface area contributed by atoms with Gasteiger partial charge in [0.1, 0.15) is 0 Å². The average molecular weight is 840 g/mol. The van der Waals surface area contributed by atoms with E-state index in [4.69, 9.17) is 0 Å². The van der Waals surface area contributed by atoms with Crippen LogP contribution in [0.2, 0.25) is 0 Å². The van der Waals surface area contributed by atoms with Crippen LogP contribution in [0, 0.1) is 0 Å². The largest absolute Gasteiger partial charge is 0.311 e. The molecule has 0 aliphatic heterocycles. The maximum atomic E-state index is 2.44. The molecule has 1 heteroatoms. The normalized spacial score (nSPS) is 12.4. The molecule has 0 N–H and O–H groups in total. The molecule has 0 unspecified atom stereocenters. The van der Waals surface area contributed by atoms with Gasteiger partial charge in [0.2, 0.25) is 0 Å². The Morgan fingerprint density at radius 1 is 0.242 bits per heavy atom. The summed E-state index contributed by atoms with van der Waals surface area (Å²) in [7, 11) is 0. The van der Waals surface area contributed by atoms with Crippen molar-refractivity contribution in [2.75, 3.05) is 4.90 Å². The van der Waals surface area contributed by atoms with E-state index >= 15 is 0 Å². The minimum atomic E-state index is -0.519. The molecule has 1 nitrogen and oxygen atoms in total. The van der Waals surface area contributed by atoms with Gasteiger partial charge in [-0.05, 0) is 143 Å². The highest BCUT2D eigenvalue weighted by molar-refractivity contribution is 5.97. The molecule has 0 atom stereocenters. The summed E-state index contributed by atoms with van der Waals surface area (Å²) in [4.78, 5) is 2.37. The Bertz CT molecular complexity index is 3430. The van der Waals surface area contributed by atoms with Crippen molar-refractivity contribution in [1.82, 2.24) is 0 Å².